The van der Waals surface area contributed by atoms with Crippen molar-refractivity contribution >= 4 is 10.9 Å². The molecular weight excluding hydrogens is 408 g/mol. The van der Waals surface area contributed by atoms with Crippen LogP contribution in [0.4, 0.5) is 0 Å². The maximum absolute atomic E-state index is 5.93. The largest absolute Gasteiger partial charge is 0.468 e. The van der Waals surface area contributed by atoms with E-state index in [0.29, 0.717) is 6.61 Å². The van der Waals surface area contributed by atoms with Crippen molar-refractivity contribution in [2.45, 2.75) is 40.7 Å². The molecule has 0 spiro atoms. The second-order valence-electron chi connectivity index (χ2n) is 7.37. The van der Waals surface area contributed by atoms with Crippen LogP contribution in [0.25, 0.3) is 0 Å². The van der Waals surface area contributed by atoms with Gasteiger partial charge in [-0.3, -0.25) is 0 Å². The Bertz CT molecular complexity index is 935. The van der Waals surface area contributed by atoms with Gasteiger partial charge in [-0.15, -0.1) is 0 Å². The molecule has 0 aromatic heterocycles. The Balaban J connectivity index is 1.62. The highest BCUT2D eigenvalue weighted by molar-refractivity contribution is 7.97. The monoisotopic (exact) mass is 437 g/mol. The molecule has 162 valence electrons. The van der Waals surface area contributed by atoms with Crippen LogP contribution in [0.5, 0.6) is 5.75 Å². The van der Waals surface area contributed by atoms with Crippen LogP contribution < -0.4 is 4.74 Å². The Labute approximate surface area is 187 Å². The molecule has 0 N–H and O–H groups in total. The zero-order chi connectivity index (χ0) is 21.5. The molecule has 4 nitrogen and oxygen atoms in total. The summed E-state index contributed by atoms with van der Waals surface area (Å²) in [6, 6.07) is 27.5. The summed E-state index contributed by atoms with van der Waals surface area (Å²) in [4.78, 5) is 3.76. The van der Waals surface area contributed by atoms with Crippen molar-refractivity contribution in [2.24, 2.45) is 0 Å². The van der Waals surface area contributed by atoms with Crippen LogP contribution in [-0.2, 0) is 30.9 Å². The Morgan fingerprint density at radius 2 is 1.39 bits per heavy atom. The molecule has 0 amide bonds. The molecule has 5 heteroatoms. The van der Waals surface area contributed by atoms with Crippen LogP contribution in [0, 0.1) is 0 Å². The molecule has 1 fully saturated rings. The van der Waals surface area contributed by atoms with Crippen molar-refractivity contribution in [1.82, 2.24) is 0 Å². The second kappa shape index (κ2) is 10.3. The molecule has 1 atom stereocenters. The van der Waals surface area contributed by atoms with Gasteiger partial charge in [-0.1, -0.05) is 18.2 Å². The lowest BCUT2D eigenvalue weighted by Crippen LogP contribution is -2.34. The highest BCUT2D eigenvalue weighted by atomic mass is 32.2. The first-order valence-electron chi connectivity index (χ1n) is 10.7. The smallest absolute Gasteiger partial charge is 0.191 e. The van der Waals surface area contributed by atoms with Crippen molar-refractivity contribution in [3.63, 3.8) is 0 Å². The standard InChI is InChI=1S/C26H29O4S/c1-3-27-20-28-22-12-16-25(17-13-22)31(23-8-5-4-6-9-23)24-14-10-21(11-15-24)26(2)29-18-7-19-30-26/h4-6,8-17H,3,7,18-20H2,1-2H3/q+1. The van der Waals surface area contributed by atoms with E-state index in [2.05, 4.69) is 66.7 Å². The van der Waals surface area contributed by atoms with E-state index in [-0.39, 0.29) is 17.7 Å². The summed E-state index contributed by atoms with van der Waals surface area (Å²) in [5, 5.41) is 0. The quantitative estimate of drug-likeness (QED) is 0.255. The lowest BCUT2D eigenvalue weighted by molar-refractivity contribution is -0.264. The fourth-order valence-electron chi connectivity index (χ4n) is 3.52. The van der Waals surface area contributed by atoms with Crippen molar-refractivity contribution in [1.29, 1.82) is 0 Å². The van der Waals surface area contributed by atoms with Crippen molar-refractivity contribution < 1.29 is 18.9 Å². The first-order valence-corrected chi connectivity index (χ1v) is 11.9. The zero-order valence-electron chi connectivity index (χ0n) is 18.1. The molecule has 0 aliphatic carbocycles. The minimum atomic E-state index is -0.665. The maximum atomic E-state index is 5.93. The van der Waals surface area contributed by atoms with Gasteiger partial charge in [0.1, 0.15) is 5.75 Å². The summed E-state index contributed by atoms with van der Waals surface area (Å²) in [7, 11) is -0.225. The third-order valence-corrected chi connectivity index (χ3v) is 7.44. The van der Waals surface area contributed by atoms with E-state index in [1.165, 1.54) is 14.7 Å². The summed E-state index contributed by atoms with van der Waals surface area (Å²) in [6.45, 7) is 6.31. The molecule has 0 saturated carbocycles. The number of rotatable bonds is 8. The van der Waals surface area contributed by atoms with E-state index in [4.69, 9.17) is 18.9 Å². The van der Waals surface area contributed by atoms with Crippen molar-refractivity contribution in [3.8, 4) is 5.75 Å². The molecule has 1 aliphatic rings. The number of benzene rings is 3. The van der Waals surface area contributed by atoms with Gasteiger partial charge in [-0.2, -0.15) is 0 Å². The lowest BCUT2D eigenvalue weighted by atomic mass is 10.1. The molecule has 31 heavy (non-hydrogen) atoms. The van der Waals surface area contributed by atoms with Gasteiger partial charge >= 0.3 is 0 Å². The summed E-state index contributed by atoms with van der Waals surface area (Å²) >= 11 is 0. The van der Waals surface area contributed by atoms with Gasteiger partial charge in [0, 0.05) is 12.2 Å². The Morgan fingerprint density at radius 1 is 0.806 bits per heavy atom. The number of ether oxygens (including phenoxy) is 4. The molecule has 1 saturated heterocycles. The van der Waals surface area contributed by atoms with E-state index >= 15 is 0 Å². The predicted molar refractivity (Wildman–Crippen MR) is 122 cm³/mol. The summed E-state index contributed by atoms with van der Waals surface area (Å²) in [6.07, 6.45) is 0.940. The molecule has 0 bridgehead atoms. The van der Waals surface area contributed by atoms with E-state index in [0.717, 1.165) is 30.9 Å². The number of hydrogen-bond acceptors (Lipinski definition) is 4. The van der Waals surface area contributed by atoms with Crippen LogP contribution >= 0.6 is 0 Å². The fourth-order valence-corrected chi connectivity index (χ4v) is 5.59. The molecule has 3 aromatic carbocycles. The average molecular weight is 438 g/mol. The van der Waals surface area contributed by atoms with Gasteiger partial charge in [0.2, 0.25) is 0 Å². The lowest BCUT2D eigenvalue weighted by Gasteiger charge is -2.34. The minimum Gasteiger partial charge on any atom is -0.468 e. The first-order chi connectivity index (χ1) is 15.2. The van der Waals surface area contributed by atoms with Crippen LogP contribution in [0.1, 0.15) is 25.8 Å². The first kappa shape index (κ1) is 21.9. The number of hydrogen-bond donors (Lipinski definition) is 0. The Kier molecular flexibility index (Phi) is 7.30. The normalized spacial score (nSPS) is 16.6. The van der Waals surface area contributed by atoms with Gasteiger partial charge < -0.3 is 18.9 Å². The molecule has 3 aromatic rings. The van der Waals surface area contributed by atoms with Crippen LogP contribution in [0.15, 0.2) is 93.5 Å². The zero-order valence-corrected chi connectivity index (χ0v) is 18.9. The van der Waals surface area contributed by atoms with Gasteiger partial charge in [0.05, 0.1) is 24.1 Å². The molecule has 0 radical (unpaired) electrons. The Morgan fingerprint density at radius 3 is 2.00 bits per heavy atom. The van der Waals surface area contributed by atoms with E-state index < -0.39 is 5.79 Å². The molecule has 1 heterocycles. The topological polar surface area (TPSA) is 36.9 Å². The third-order valence-electron chi connectivity index (χ3n) is 5.21. The minimum absolute atomic E-state index is 0.225. The predicted octanol–water partition coefficient (Wildman–Crippen LogP) is 5.76. The SMILES string of the molecule is CCOCOc1ccc([S+](c2ccccc2)c2ccc(C3(C)OCCCO3)cc2)cc1. The van der Waals surface area contributed by atoms with Crippen molar-refractivity contribution in [3.05, 3.63) is 84.4 Å². The molecule has 4 rings (SSSR count). The third kappa shape index (κ3) is 5.31. The van der Waals surface area contributed by atoms with Crippen molar-refractivity contribution in [2.75, 3.05) is 26.6 Å². The summed E-state index contributed by atoms with van der Waals surface area (Å²) in [5.41, 5.74) is 1.05. The maximum Gasteiger partial charge on any atom is 0.191 e. The summed E-state index contributed by atoms with van der Waals surface area (Å²) < 4.78 is 22.8. The average Bonchev–Trinajstić information content (AvgIpc) is 2.82. The molecular formula is C26H29O4S+. The van der Waals surface area contributed by atoms with Crippen LogP contribution in [-0.4, -0.2) is 26.6 Å². The van der Waals surface area contributed by atoms with E-state index in [1.807, 2.05) is 26.0 Å². The highest BCUT2D eigenvalue weighted by Crippen LogP contribution is 2.35. The second-order valence-corrected chi connectivity index (χ2v) is 9.39. The highest BCUT2D eigenvalue weighted by Gasteiger charge is 2.33. The Hall–Kier alpha value is -2.31. The molecule has 1 aliphatic heterocycles. The molecule has 1 unspecified atom stereocenters. The van der Waals surface area contributed by atoms with Gasteiger partial charge in [0.15, 0.2) is 27.3 Å². The summed E-state index contributed by atoms with van der Waals surface area (Å²) in [5.74, 6) is 0.144. The fraction of sp³-hybridized carbons (Fsp3) is 0.308. The van der Waals surface area contributed by atoms with Gasteiger partial charge in [-0.05, 0) is 80.9 Å². The van der Waals surface area contributed by atoms with Gasteiger partial charge in [0.25, 0.3) is 0 Å². The van der Waals surface area contributed by atoms with Gasteiger partial charge in [-0.25, -0.2) is 0 Å². The van der Waals surface area contributed by atoms with E-state index in [9.17, 15) is 0 Å². The van der Waals surface area contributed by atoms with Crippen LogP contribution in [0.2, 0.25) is 0 Å². The van der Waals surface area contributed by atoms with E-state index in [1.54, 1.807) is 0 Å². The van der Waals surface area contributed by atoms with Crippen LogP contribution in [0.3, 0.4) is 0 Å².